The predicted molar refractivity (Wildman–Crippen MR) is 104 cm³/mol. The number of amides is 2. The molecule has 154 valence electrons. The molecule has 0 bridgehead atoms. The average Bonchev–Trinajstić information content (AvgIpc) is 3.32. The van der Waals surface area contributed by atoms with Gasteiger partial charge in [0.2, 0.25) is 0 Å². The van der Waals surface area contributed by atoms with Crippen molar-refractivity contribution in [2.45, 2.75) is 58.3 Å². The van der Waals surface area contributed by atoms with Crippen LogP contribution in [0.2, 0.25) is 0 Å². The minimum absolute atomic E-state index is 0.0378. The number of carbonyl (C=O) groups excluding carboxylic acids is 2. The fourth-order valence-electron chi connectivity index (χ4n) is 3.84. The molecule has 2 aliphatic heterocycles. The highest BCUT2D eigenvalue weighted by Crippen LogP contribution is 2.33. The van der Waals surface area contributed by atoms with E-state index in [1.165, 1.54) is 0 Å². The molecule has 2 aromatic heterocycles. The van der Waals surface area contributed by atoms with Crippen LogP contribution in [0.1, 0.15) is 61.7 Å². The molecule has 4 rings (SSSR count). The second-order valence-corrected chi connectivity index (χ2v) is 8.43. The number of nitrogens with zero attached hydrogens (tertiary/aromatic N) is 6. The molecule has 0 saturated carbocycles. The quantitative estimate of drug-likeness (QED) is 0.771. The summed E-state index contributed by atoms with van der Waals surface area (Å²) in [5.74, 6) is 1.47. The monoisotopic (exact) mass is 398 g/mol. The van der Waals surface area contributed by atoms with Gasteiger partial charge in [0, 0.05) is 32.0 Å². The van der Waals surface area contributed by atoms with E-state index in [0.717, 1.165) is 24.5 Å². The van der Waals surface area contributed by atoms with Gasteiger partial charge in [-0.3, -0.25) is 14.7 Å². The first-order chi connectivity index (χ1) is 13.8. The number of fused-ring (bicyclic) bond motifs is 1. The van der Waals surface area contributed by atoms with Crippen LogP contribution in [0.4, 0.5) is 4.79 Å². The Morgan fingerprint density at radius 1 is 1.17 bits per heavy atom. The minimum atomic E-state index is -0.537. The highest BCUT2D eigenvalue weighted by atomic mass is 16.6. The molecule has 1 fully saturated rings. The van der Waals surface area contributed by atoms with E-state index in [-0.39, 0.29) is 18.0 Å². The molecule has 2 amide bonds. The van der Waals surface area contributed by atoms with Gasteiger partial charge >= 0.3 is 6.09 Å². The molecule has 0 aliphatic carbocycles. The van der Waals surface area contributed by atoms with Crippen LogP contribution in [0.25, 0.3) is 0 Å². The van der Waals surface area contributed by atoms with Crippen molar-refractivity contribution in [1.82, 2.24) is 29.5 Å². The van der Waals surface area contributed by atoms with Crippen LogP contribution >= 0.6 is 0 Å². The van der Waals surface area contributed by atoms with Crippen molar-refractivity contribution in [3.05, 3.63) is 41.7 Å². The van der Waals surface area contributed by atoms with E-state index >= 15 is 0 Å². The Bertz CT molecular complexity index is 905. The predicted octanol–water partition coefficient (Wildman–Crippen LogP) is 2.40. The normalized spacial score (nSPS) is 19.2. The zero-order chi connectivity index (χ0) is 20.6. The molecule has 29 heavy (non-hydrogen) atoms. The summed E-state index contributed by atoms with van der Waals surface area (Å²) in [5.41, 5.74) is 0.0403. The highest BCUT2D eigenvalue weighted by Gasteiger charge is 2.36. The average molecular weight is 398 g/mol. The van der Waals surface area contributed by atoms with Gasteiger partial charge in [-0.1, -0.05) is 0 Å². The lowest BCUT2D eigenvalue weighted by molar-refractivity contribution is 0.0193. The molecule has 1 atom stereocenters. The Balaban J connectivity index is 1.52. The SMILES string of the molecule is CC(C)(C)OC(=O)N1CCn2c(nnc2[C@H]2CCCN2C(=O)c2cccnc2)C1. The van der Waals surface area contributed by atoms with Crippen molar-refractivity contribution in [3.63, 3.8) is 0 Å². The van der Waals surface area contributed by atoms with E-state index in [4.69, 9.17) is 4.74 Å². The molecule has 2 aliphatic rings. The van der Waals surface area contributed by atoms with Crippen LogP contribution in [0.5, 0.6) is 0 Å². The molecule has 0 N–H and O–H groups in total. The number of rotatable bonds is 2. The largest absolute Gasteiger partial charge is 0.444 e. The maximum Gasteiger partial charge on any atom is 0.410 e. The molecule has 4 heterocycles. The summed E-state index contributed by atoms with van der Waals surface area (Å²) in [4.78, 5) is 32.9. The molecular weight excluding hydrogens is 372 g/mol. The number of hydrogen-bond donors (Lipinski definition) is 0. The van der Waals surface area contributed by atoms with Gasteiger partial charge in [0.1, 0.15) is 5.60 Å². The Labute approximate surface area is 169 Å². The lowest BCUT2D eigenvalue weighted by Crippen LogP contribution is -2.42. The molecule has 0 aromatic carbocycles. The molecule has 0 unspecified atom stereocenters. The lowest BCUT2D eigenvalue weighted by atomic mass is 10.1. The van der Waals surface area contributed by atoms with E-state index in [1.807, 2.05) is 30.2 Å². The number of carbonyl (C=O) groups is 2. The third-order valence-corrected chi connectivity index (χ3v) is 5.15. The molecule has 0 radical (unpaired) electrons. The Morgan fingerprint density at radius 3 is 2.72 bits per heavy atom. The molecule has 9 heteroatoms. The van der Waals surface area contributed by atoms with Gasteiger partial charge in [-0.05, 0) is 45.7 Å². The third-order valence-electron chi connectivity index (χ3n) is 5.15. The maximum absolute atomic E-state index is 13.0. The van der Waals surface area contributed by atoms with Crippen molar-refractivity contribution >= 4 is 12.0 Å². The first-order valence-corrected chi connectivity index (χ1v) is 9.94. The topological polar surface area (TPSA) is 93.5 Å². The highest BCUT2D eigenvalue weighted by molar-refractivity contribution is 5.94. The first-order valence-electron chi connectivity index (χ1n) is 9.94. The fourth-order valence-corrected chi connectivity index (χ4v) is 3.84. The smallest absolute Gasteiger partial charge is 0.410 e. The van der Waals surface area contributed by atoms with Crippen LogP contribution in [0, 0.1) is 0 Å². The van der Waals surface area contributed by atoms with E-state index in [2.05, 4.69) is 15.2 Å². The molecule has 9 nitrogen and oxygen atoms in total. The molecule has 2 aromatic rings. The summed E-state index contributed by atoms with van der Waals surface area (Å²) in [5, 5.41) is 8.71. The zero-order valence-electron chi connectivity index (χ0n) is 17.0. The third kappa shape index (κ3) is 3.94. The summed E-state index contributed by atoms with van der Waals surface area (Å²) in [6.45, 7) is 7.70. The summed E-state index contributed by atoms with van der Waals surface area (Å²) in [6, 6.07) is 3.43. The van der Waals surface area contributed by atoms with Gasteiger partial charge in [0.15, 0.2) is 11.6 Å². The number of aromatic nitrogens is 4. The van der Waals surface area contributed by atoms with Gasteiger partial charge in [-0.15, -0.1) is 10.2 Å². The zero-order valence-corrected chi connectivity index (χ0v) is 17.0. The van der Waals surface area contributed by atoms with Gasteiger partial charge in [-0.25, -0.2) is 4.79 Å². The van der Waals surface area contributed by atoms with Crippen LogP contribution in [0.15, 0.2) is 24.5 Å². The van der Waals surface area contributed by atoms with Gasteiger partial charge in [0.25, 0.3) is 5.91 Å². The standard InChI is InChI=1S/C20H26N6O3/c1-20(2,3)29-19(28)24-10-11-26-16(13-24)22-23-17(26)15-7-5-9-25(15)18(27)14-6-4-8-21-12-14/h4,6,8,12,15H,5,7,9-11,13H2,1-3H3/t15-/m1/s1. The van der Waals surface area contributed by atoms with Crippen molar-refractivity contribution in [2.75, 3.05) is 13.1 Å². The van der Waals surface area contributed by atoms with Crippen LogP contribution in [0.3, 0.4) is 0 Å². The Morgan fingerprint density at radius 2 is 2.00 bits per heavy atom. The molecular formula is C20H26N6O3. The maximum atomic E-state index is 13.0. The van der Waals surface area contributed by atoms with E-state index in [0.29, 0.717) is 31.7 Å². The van der Waals surface area contributed by atoms with E-state index in [1.54, 1.807) is 29.4 Å². The van der Waals surface area contributed by atoms with Crippen molar-refractivity contribution in [2.24, 2.45) is 0 Å². The summed E-state index contributed by atoms with van der Waals surface area (Å²) < 4.78 is 7.51. The van der Waals surface area contributed by atoms with Crippen LogP contribution in [-0.2, 0) is 17.8 Å². The summed E-state index contributed by atoms with van der Waals surface area (Å²) in [6.07, 6.45) is 4.67. The van der Waals surface area contributed by atoms with Gasteiger partial charge < -0.3 is 14.2 Å². The van der Waals surface area contributed by atoms with Crippen LogP contribution < -0.4 is 0 Å². The van der Waals surface area contributed by atoms with Crippen LogP contribution in [-0.4, -0.2) is 60.2 Å². The van der Waals surface area contributed by atoms with E-state index < -0.39 is 5.60 Å². The minimum Gasteiger partial charge on any atom is -0.444 e. The van der Waals surface area contributed by atoms with Crippen molar-refractivity contribution < 1.29 is 14.3 Å². The van der Waals surface area contributed by atoms with Gasteiger partial charge in [-0.2, -0.15) is 0 Å². The second kappa shape index (κ2) is 7.46. The summed E-state index contributed by atoms with van der Waals surface area (Å²) in [7, 11) is 0. The van der Waals surface area contributed by atoms with Crippen molar-refractivity contribution in [1.29, 1.82) is 0 Å². The number of pyridine rings is 1. The second-order valence-electron chi connectivity index (χ2n) is 8.43. The lowest BCUT2D eigenvalue weighted by Gasteiger charge is -2.31. The van der Waals surface area contributed by atoms with Gasteiger partial charge in [0.05, 0.1) is 18.2 Å². The number of hydrogen-bond acceptors (Lipinski definition) is 6. The first kappa shape index (κ1) is 19.4. The number of ether oxygens (including phenoxy) is 1. The Kier molecular flexibility index (Phi) is 4.97. The van der Waals surface area contributed by atoms with E-state index in [9.17, 15) is 9.59 Å². The number of likely N-dealkylation sites (tertiary alicyclic amines) is 1. The Hall–Kier alpha value is -2.97. The summed E-state index contributed by atoms with van der Waals surface area (Å²) >= 11 is 0. The van der Waals surface area contributed by atoms with Crippen molar-refractivity contribution in [3.8, 4) is 0 Å². The molecule has 1 saturated heterocycles. The molecule has 0 spiro atoms. The fraction of sp³-hybridized carbons (Fsp3) is 0.550.